The molecule has 0 saturated carbocycles. The third-order valence-electron chi connectivity index (χ3n) is 5.25. The molecule has 1 aliphatic heterocycles. The van der Waals surface area contributed by atoms with Crippen molar-refractivity contribution in [2.24, 2.45) is 5.92 Å². The van der Waals surface area contributed by atoms with E-state index in [9.17, 15) is 13.2 Å². The largest absolute Gasteiger partial charge is 0.355 e. The molecule has 1 saturated heterocycles. The molecule has 1 aromatic heterocycles. The monoisotopic (exact) mass is 450 g/mol. The first-order valence-electron chi connectivity index (χ1n) is 10.2. The Balaban J connectivity index is 1.47. The third kappa shape index (κ3) is 6.02. The van der Waals surface area contributed by atoms with Crippen molar-refractivity contribution in [2.45, 2.75) is 43.9 Å². The topological polar surface area (TPSA) is 91.4 Å². The molecule has 1 atom stereocenters. The van der Waals surface area contributed by atoms with E-state index in [-0.39, 0.29) is 22.8 Å². The van der Waals surface area contributed by atoms with Crippen molar-refractivity contribution in [3.8, 4) is 0 Å². The van der Waals surface area contributed by atoms with Crippen LogP contribution >= 0.6 is 11.3 Å². The summed E-state index contributed by atoms with van der Waals surface area (Å²) in [6, 6.07) is 6.78. The molecule has 1 aliphatic rings. The number of anilines is 1. The zero-order valence-electron chi connectivity index (χ0n) is 17.7. The quantitative estimate of drug-likeness (QED) is 0.677. The van der Waals surface area contributed by atoms with Gasteiger partial charge in [0.1, 0.15) is 0 Å². The molecule has 30 heavy (non-hydrogen) atoms. The van der Waals surface area contributed by atoms with Gasteiger partial charge in [0.05, 0.1) is 11.4 Å². The lowest BCUT2D eigenvalue weighted by Gasteiger charge is -2.32. The number of nitrogens with one attached hydrogen (secondary N) is 2. The van der Waals surface area contributed by atoms with E-state index >= 15 is 0 Å². The predicted molar refractivity (Wildman–Crippen MR) is 120 cm³/mol. The van der Waals surface area contributed by atoms with Crippen LogP contribution in [0.1, 0.15) is 39.2 Å². The molecule has 0 radical (unpaired) electrons. The van der Waals surface area contributed by atoms with E-state index in [1.54, 1.807) is 29.7 Å². The van der Waals surface area contributed by atoms with Crippen molar-refractivity contribution < 1.29 is 13.2 Å². The van der Waals surface area contributed by atoms with Crippen molar-refractivity contribution in [1.82, 2.24) is 15.0 Å². The van der Waals surface area contributed by atoms with Gasteiger partial charge >= 0.3 is 0 Å². The number of thiazole rings is 1. The number of sulfonamides is 1. The maximum absolute atomic E-state index is 12.5. The van der Waals surface area contributed by atoms with Crippen LogP contribution in [0, 0.1) is 5.92 Å². The lowest BCUT2D eigenvalue weighted by Crippen LogP contribution is -2.43. The van der Waals surface area contributed by atoms with Gasteiger partial charge in [-0.15, -0.1) is 11.3 Å². The maximum Gasteiger partial charge on any atom is 0.241 e. The molecular weight excluding hydrogens is 420 g/mol. The van der Waals surface area contributed by atoms with Crippen LogP contribution in [0.2, 0.25) is 0 Å². The van der Waals surface area contributed by atoms with Crippen LogP contribution in [0.3, 0.4) is 0 Å². The summed E-state index contributed by atoms with van der Waals surface area (Å²) in [5, 5.41) is 5.83. The van der Waals surface area contributed by atoms with Crippen LogP contribution in [0.5, 0.6) is 0 Å². The molecule has 1 fully saturated rings. The Labute approximate surface area is 183 Å². The van der Waals surface area contributed by atoms with Gasteiger partial charge in [-0.05, 0) is 41.9 Å². The first kappa shape index (κ1) is 22.7. The fraction of sp³-hybridized carbons (Fsp3) is 0.524. The molecule has 2 aromatic rings. The number of aromatic nitrogens is 1. The molecule has 2 N–H and O–H groups in total. The molecule has 0 spiro atoms. The molecule has 9 heteroatoms. The second kappa shape index (κ2) is 9.45. The van der Waals surface area contributed by atoms with E-state index in [4.69, 9.17) is 0 Å². The van der Waals surface area contributed by atoms with Gasteiger partial charge in [0, 0.05) is 31.2 Å². The summed E-state index contributed by atoms with van der Waals surface area (Å²) >= 11 is 1.62. The Morgan fingerprint density at radius 2 is 2.00 bits per heavy atom. The van der Waals surface area contributed by atoms with E-state index in [2.05, 4.69) is 40.7 Å². The number of rotatable bonds is 7. The SMILES string of the molecule is CC(C)(C)c1ccc(S(=O)(=O)NCC(=O)NCC2CCCN(c3nccs3)C2)cc1. The smallest absolute Gasteiger partial charge is 0.241 e. The first-order valence-corrected chi connectivity index (χ1v) is 12.5. The molecule has 0 bridgehead atoms. The van der Waals surface area contributed by atoms with Crippen molar-refractivity contribution in [1.29, 1.82) is 0 Å². The molecule has 1 amide bonds. The third-order valence-corrected chi connectivity index (χ3v) is 7.50. The van der Waals surface area contributed by atoms with Gasteiger partial charge in [-0.2, -0.15) is 0 Å². The highest BCUT2D eigenvalue weighted by Crippen LogP contribution is 2.25. The van der Waals surface area contributed by atoms with E-state index in [0.29, 0.717) is 12.5 Å². The van der Waals surface area contributed by atoms with E-state index in [0.717, 1.165) is 36.6 Å². The summed E-state index contributed by atoms with van der Waals surface area (Å²) in [5.74, 6) is 0.00408. The highest BCUT2D eigenvalue weighted by Gasteiger charge is 2.23. The van der Waals surface area contributed by atoms with E-state index in [1.165, 1.54) is 0 Å². The normalized spacial score (nSPS) is 17.7. The predicted octanol–water partition coefficient (Wildman–Crippen LogP) is 2.75. The van der Waals surface area contributed by atoms with Crippen LogP contribution < -0.4 is 14.9 Å². The molecule has 3 rings (SSSR count). The highest BCUT2D eigenvalue weighted by molar-refractivity contribution is 7.89. The maximum atomic E-state index is 12.5. The number of hydrogen-bond acceptors (Lipinski definition) is 6. The van der Waals surface area contributed by atoms with Crippen LogP contribution in [-0.4, -0.2) is 45.5 Å². The number of nitrogens with zero attached hydrogens (tertiary/aromatic N) is 2. The molecule has 2 heterocycles. The Kier molecular flexibility index (Phi) is 7.15. The molecule has 1 aromatic carbocycles. The number of amides is 1. The molecule has 7 nitrogen and oxygen atoms in total. The minimum Gasteiger partial charge on any atom is -0.355 e. The average molecular weight is 451 g/mol. The Bertz CT molecular complexity index is 936. The van der Waals surface area contributed by atoms with Gasteiger partial charge in [0.2, 0.25) is 15.9 Å². The van der Waals surface area contributed by atoms with E-state index < -0.39 is 10.0 Å². The lowest BCUT2D eigenvalue weighted by molar-refractivity contribution is -0.120. The summed E-state index contributed by atoms with van der Waals surface area (Å²) in [5.41, 5.74) is 1.00. The number of benzene rings is 1. The van der Waals surface area contributed by atoms with Crippen LogP contribution in [0.25, 0.3) is 0 Å². The van der Waals surface area contributed by atoms with Crippen LogP contribution in [0.4, 0.5) is 5.13 Å². The van der Waals surface area contributed by atoms with Crippen molar-refractivity contribution in [3.05, 3.63) is 41.4 Å². The average Bonchev–Trinajstić information content (AvgIpc) is 3.25. The zero-order valence-corrected chi connectivity index (χ0v) is 19.4. The molecule has 0 aliphatic carbocycles. The van der Waals surface area contributed by atoms with Gasteiger partial charge in [0.25, 0.3) is 0 Å². The number of hydrogen-bond donors (Lipinski definition) is 2. The first-order chi connectivity index (χ1) is 14.1. The molecule has 1 unspecified atom stereocenters. The summed E-state index contributed by atoms with van der Waals surface area (Å²) in [6.07, 6.45) is 3.89. The van der Waals surface area contributed by atoms with Gasteiger partial charge in [-0.25, -0.2) is 18.1 Å². The fourth-order valence-corrected chi connectivity index (χ4v) is 5.14. The minimum atomic E-state index is -3.73. The van der Waals surface area contributed by atoms with Gasteiger partial charge in [-0.3, -0.25) is 4.79 Å². The second-order valence-electron chi connectivity index (χ2n) is 8.67. The Morgan fingerprint density at radius 1 is 1.27 bits per heavy atom. The fourth-order valence-electron chi connectivity index (χ4n) is 3.48. The molecular formula is C21H30N4O3S2. The Morgan fingerprint density at radius 3 is 2.63 bits per heavy atom. The van der Waals surface area contributed by atoms with Crippen molar-refractivity contribution in [2.75, 3.05) is 31.1 Å². The second-order valence-corrected chi connectivity index (χ2v) is 11.3. The highest BCUT2D eigenvalue weighted by atomic mass is 32.2. The van der Waals surface area contributed by atoms with Crippen LogP contribution in [0.15, 0.2) is 40.7 Å². The zero-order chi connectivity index (χ0) is 21.8. The number of carbonyl (C=O) groups excluding carboxylic acids is 1. The summed E-state index contributed by atoms with van der Waals surface area (Å²) in [4.78, 5) is 19.0. The number of piperidine rings is 1. The number of carbonyl (C=O) groups is 1. The van der Waals surface area contributed by atoms with Gasteiger partial charge < -0.3 is 10.2 Å². The van der Waals surface area contributed by atoms with Gasteiger partial charge in [0.15, 0.2) is 5.13 Å². The minimum absolute atomic E-state index is 0.0517. The Hall–Kier alpha value is -1.97. The summed E-state index contributed by atoms with van der Waals surface area (Å²) in [7, 11) is -3.73. The van der Waals surface area contributed by atoms with Crippen LogP contribution in [-0.2, 0) is 20.2 Å². The van der Waals surface area contributed by atoms with E-state index in [1.807, 2.05) is 17.5 Å². The summed E-state index contributed by atoms with van der Waals surface area (Å²) in [6.45, 7) is 8.30. The van der Waals surface area contributed by atoms with Crippen molar-refractivity contribution in [3.63, 3.8) is 0 Å². The molecule has 164 valence electrons. The standard InChI is InChI=1S/C21H30N4O3S2/c1-21(2,3)17-6-8-18(9-7-17)30(27,28)24-14-19(26)23-13-16-5-4-11-25(15-16)20-22-10-12-29-20/h6-10,12,16,24H,4-5,11,13-15H2,1-3H3,(H,23,26). The van der Waals surface area contributed by atoms with Crippen molar-refractivity contribution >= 4 is 32.4 Å². The van der Waals surface area contributed by atoms with Gasteiger partial charge in [-0.1, -0.05) is 32.9 Å². The lowest BCUT2D eigenvalue weighted by atomic mass is 9.87. The summed E-state index contributed by atoms with van der Waals surface area (Å²) < 4.78 is 27.3.